The van der Waals surface area contributed by atoms with Crippen molar-refractivity contribution in [3.05, 3.63) is 34.9 Å². The van der Waals surface area contributed by atoms with Crippen molar-refractivity contribution in [2.75, 3.05) is 20.7 Å². The molecule has 1 saturated heterocycles. The molecule has 0 amide bonds. The van der Waals surface area contributed by atoms with E-state index in [-0.39, 0.29) is 11.8 Å². The van der Waals surface area contributed by atoms with Crippen molar-refractivity contribution in [2.24, 2.45) is 0 Å². The van der Waals surface area contributed by atoms with Gasteiger partial charge in [-0.05, 0) is 50.9 Å². The average Bonchev–Trinajstić information content (AvgIpc) is 2.57. The molecule has 4 rings (SSSR count). The number of hydrogen-bond donors (Lipinski definition) is 2. The molecule has 126 valence electrons. The van der Waals surface area contributed by atoms with E-state index in [4.69, 9.17) is 4.74 Å². The topological polar surface area (TPSA) is 76.7 Å². The van der Waals surface area contributed by atoms with Crippen LogP contribution in [-0.2, 0) is 11.8 Å². The van der Waals surface area contributed by atoms with E-state index < -0.39 is 11.0 Å². The van der Waals surface area contributed by atoms with E-state index in [1.165, 1.54) is 7.11 Å². The molecule has 2 aliphatic carbocycles. The number of hydrogen-bond acceptors (Lipinski definition) is 5. The molecule has 1 fully saturated rings. The van der Waals surface area contributed by atoms with E-state index in [1.54, 1.807) is 6.07 Å². The van der Waals surface area contributed by atoms with Crippen LogP contribution in [0.5, 0.6) is 11.5 Å². The van der Waals surface area contributed by atoms with Crippen LogP contribution in [0.1, 0.15) is 30.4 Å². The summed E-state index contributed by atoms with van der Waals surface area (Å²) in [5, 5.41) is 32.0. The number of aliphatic hydroxyl groups is 1. The first-order chi connectivity index (χ1) is 11.5. The number of methoxy groups -OCH3 is 1. The Morgan fingerprint density at radius 2 is 2.17 bits per heavy atom. The molecule has 0 saturated carbocycles. The number of allylic oxidation sites excluding steroid dienone is 1. The van der Waals surface area contributed by atoms with E-state index in [1.807, 2.05) is 19.2 Å². The maximum Gasteiger partial charge on any atom is 0.162 e. The van der Waals surface area contributed by atoms with Crippen molar-refractivity contribution in [3.63, 3.8) is 0 Å². The number of piperidine rings is 1. The molecule has 2 N–H and O–H groups in total. The third-order valence-electron chi connectivity index (χ3n) is 6.36. The summed E-state index contributed by atoms with van der Waals surface area (Å²) >= 11 is 0. The molecule has 3 atom stereocenters. The van der Waals surface area contributed by atoms with Crippen LogP contribution in [-0.4, -0.2) is 47.5 Å². The second-order valence-electron chi connectivity index (χ2n) is 7.28. The lowest BCUT2D eigenvalue weighted by Gasteiger charge is -2.61. The van der Waals surface area contributed by atoms with Gasteiger partial charge in [-0.25, -0.2) is 0 Å². The molecule has 24 heavy (non-hydrogen) atoms. The molecule has 1 aromatic carbocycles. The van der Waals surface area contributed by atoms with Crippen LogP contribution in [0.2, 0.25) is 0 Å². The summed E-state index contributed by atoms with van der Waals surface area (Å²) in [5.74, 6) is 0.521. The Labute approximate surface area is 141 Å². The van der Waals surface area contributed by atoms with Gasteiger partial charge in [-0.3, -0.25) is 0 Å². The van der Waals surface area contributed by atoms with E-state index in [0.29, 0.717) is 37.0 Å². The first-order valence-electron chi connectivity index (χ1n) is 8.40. The minimum absolute atomic E-state index is 0.0111. The normalized spacial score (nSPS) is 34.6. The van der Waals surface area contributed by atoms with Crippen LogP contribution in [0.4, 0.5) is 0 Å². The van der Waals surface area contributed by atoms with Crippen LogP contribution < -0.4 is 4.74 Å². The molecule has 1 aromatic rings. The van der Waals surface area contributed by atoms with Crippen LogP contribution in [0, 0.1) is 11.3 Å². The minimum Gasteiger partial charge on any atom is -0.504 e. The molecule has 3 aliphatic rings. The Bertz CT molecular complexity index is 782. The van der Waals surface area contributed by atoms with E-state index in [0.717, 1.165) is 17.7 Å². The summed E-state index contributed by atoms with van der Waals surface area (Å²) in [6.07, 6.45) is 4.41. The number of phenolic OH excluding ortho intramolecular Hbond substituents is 1. The number of phenols is 1. The second kappa shape index (κ2) is 4.98. The number of rotatable bonds is 1. The Morgan fingerprint density at radius 3 is 2.88 bits per heavy atom. The fraction of sp³-hybridized carbons (Fsp3) is 0.526. The lowest BCUT2D eigenvalue weighted by Crippen LogP contribution is -2.71. The first kappa shape index (κ1) is 15.5. The van der Waals surface area contributed by atoms with Gasteiger partial charge in [0.2, 0.25) is 0 Å². The molecule has 5 heteroatoms. The van der Waals surface area contributed by atoms with Crippen LogP contribution in [0.15, 0.2) is 23.8 Å². The number of likely N-dealkylation sites (tertiary alicyclic amines) is 1. The predicted molar refractivity (Wildman–Crippen MR) is 89.0 cm³/mol. The van der Waals surface area contributed by atoms with Crippen LogP contribution in [0.25, 0.3) is 0 Å². The van der Waals surface area contributed by atoms with Gasteiger partial charge in [-0.1, -0.05) is 12.1 Å². The van der Waals surface area contributed by atoms with E-state index >= 15 is 0 Å². The number of likely N-dealkylation sites (N-methyl/N-ethyl adjacent to an activating group) is 1. The molecule has 0 aromatic heterocycles. The smallest absolute Gasteiger partial charge is 0.162 e. The van der Waals surface area contributed by atoms with Gasteiger partial charge < -0.3 is 19.8 Å². The Morgan fingerprint density at radius 1 is 1.38 bits per heavy atom. The lowest BCUT2D eigenvalue weighted by atomic mass is 9.51. The minimum atomic E-state index is -0.975. The van der Waals surface area contributed by atoms with E-state index in [9.17, 15) is 15.5 Å². The molecule has 2 bridgehead atoms. The zero-order chi connectivity index (χ0) is 17.1. The fourth-order valence-corrected chi connectivity index (χ4v) is 5.15. The summed E-state index contributed by atoms with van der Waals surface area (Å²) < 4.78 is 5.30. The van der Waals surface area contributed by atoms with Gasteiger partial charge in [0.25, 0.3) is 0 Å². The summed E-state index contributed by atoms with van der Waals surface area (Å²) in [4.78, 5) is 2.22. The number of fused-ring (bicyclic) bond motifs is 1. The molecular weight excluding hydrogens is 304 g/mol. The number of ether oxygens (including phenoxy) is 1. The first-order valence-corrected chi connectivity index (χ1v) is 8.40. The third kappa shape index (κ3) is 1.70. The lowest BCUT2D eigenvalue weighted by molar-refractivity contribution is -0.132. The Kier molecular flexibility index (Phi) is 3.22. The summed E-state index contributed by atoms with van der Waals surface area (Å²) in [6, 6.07) is 6.02. The highest BCUT2D eigenvalue weighted by molar-refractivity contribution is 5.61. The van der Waals surface area contributed by atoms with Crippen molar-refractivity contribution in [3.8, 4) is 17.6 Å². The highest BCUT2D eigenvalue weighted by atomic mass is 16.5. The predicted octanol–water partition coefficient (Wildman–Crippen LogP) is 1.87. The van der Waals surface area contributed by atoms with Crippen molar-refractivity contribution in [2.45, 2.75) is 42.7 Å². The number of nitriles is 1. The van der Waals surface area contributed by atoms with Gasteiger partial charge in [0.05, 0.1) is 24.2 Å². The average molecular weight is 326 g/mol. The molecule has 0 unspecified atom stereocenters. The van der Waals surface area contributed by atoms with Crippen molar-refractivity contribution in [1.29, 1.82) is 5.26 Å². The molecule has 0 spiro atoms. The van der Waals surface area contributed by atoms with Gasteiger partial charge in [-0.15, -0.1) is 0 Å². The van der Waals surface area contributed by atoms with Gasteiger partial charge >= 0.3 is 0 Å². The molecule has 0 radical (unpaired) electrons. The zero-order valence-electron chi connectivity index (χ0n) is 14.0. The number of aromatic hydroxyl groups is 1. The van der Waals surface area contributed by atoms with Gasteiger partial charge in [0.1, 0.15) is 0 Å². The summed E-state index contributed by atoms with van der Waals surface area (Å²) in [6.45, 7) is 0.818. The standard InChI is InChI=1S/C19H22N2O3/c1-21-8-7-18-10-12(11-20)5-6-19(18,23)15(21)9-13-3-4-14(24-2)17(22)16(13)18/h3-4,10,15,22-23H,5-9H2,1-2H3/t15-,18-,19-/m1/s1. The highest BCUT2D eigenvalue weighted by Gasteiger charge is 2.63. The largest absolute Gasteiger partial charge is 0.504 e. The van der Waals surface area contributed by atoms with Gasteiger partial charge in [-0.2, -0.15) is 5.26 Å². The maximum absolute atomic E-state index is 11.7. The van der Waals surface area contributed by atoms with Crippen molar-refractivity contribution < 1.29 is 14.9 Å². The molecular formula is C19H22N2O3. The van der Waals surface area contributed by atoms with Gasteiger partial charge in [0, 0.05) is 17.2 Å². The molecule has 1 aliphatic heterocycles. The maximum atomic E-state index is 11.7. The quantitative estimate of drug-likeness (QED) is 0.824. The number of nitrogens with zero attached hydrogens (tertiary/aromatic N) is 2. The van der Waals surface area contributed by atoms with Crippen molar-refractivity contribution >= 4 is 0 Å². The second-order valence-corrected chi connectivity index (χ2v) is 7.28. The van der Waals surface area contributed by atoms with Gasteiger partial charge in [0.15, 0.2) is 11.5 Å². The summed E-state index contributed by atoms with van der Waals surface area (Å²) in [7, 11) is 3.58. The Balaban J connectivity index is 2.06. The summed E-state index contributed by atoms with van der Waals surface area (Å²) in [5.41, 5.74) is 0.779. The van der Waals surface area contributed by atoms with Crippen LogP contribution >= 0.6 is 0 Å². The molecule has 5 nitrogen and oxygen atoms in total. The van der Waals surface area contributed by atoms with E-state index in [2.05, 4.69) is 11.0 Å². The zero-order valence-corrected chi connectivity index (χ0v) is 14.0. The molecule has 1 heterocycles. The monoisotopic (exact) mass is 326 g/mol. The SMILES string of the molecule is COc1ccc2c(c1O)[C@@]13C=C(C#N)CC[C@@]1(O)[C@@H](C2)N(C)CC3. The van der Waals surface area contributed by atoms with Crippen molar-refractivity contribution in [1.82, 2.24) is 4.90 Å². The third-order valence-corrected chi connectivity index (χ3v) is 6.36. The fourth-order valence-electron chi connectivity index (χ4n) is 5.15. The van der Waals surface area contributed by atoms with Crippen LogP contribution in [0.3, 0.4) is 0 Å². The Hall–Kier alpha value is -2.03. The highest BCUT2D eigenvalue weighted by Crippen LogP contribution is 2.59. The number of benzene rings is 1.